The van der Waals surface area contributed by atoms with Crippen LogP contribution in [-0.2, 0) is 32.2 Å². The first-order valence-electron chi connectivity index (χ1n) is 14.8. The third-order valence-electron chi connectivity index (χ3n) is 7.94. The number of aliphatic hydroxyl groups excluding tert-OH is 1. The Morgan fingerprint density at radius 3 is 2.23 bits per heavy atom. The van der Waals surface area contributed by atoms with Crippen LogP contribution in [0.1, 0.15) is 67.0 Å². The van der Waals surface area contributed by atoms with Crippen LogP contribution in [0.25, 0.3) is 0 Å². The SMILES string of the molecule is CCOC(=O)CNC(=O)NCc1ccc([C@@H]2O[C@H](CN(C)[C@@H](C)c3ccccc3)[C@H](C)[C@H](c3ccc(CO)cc3)O2)cc1. The van der Waals surface area contributed by atoms with E-state index >= 15 is 0 Å². The summed E-state index contributed by atoms with van der Waals surface area (Å²) in [5.74, 6) is -0.413. The summed E-state index contributed by atoms with van der Waals surface area (Å²) in [6.45, 7) is 7.16. The summed E-state index contributed by atoms with van der Waals surface area (Å²) >= 11 is 0. The predicted octanol–water partition coefficient (Wildman–Crippen LogP) is 5.03. The molecule has 2 amide bonds. The third-order valence-corrected chi connectivity index (χ3v) is 7.94. The van der Waals surface area contributed by atoms with Crippen molar-refractivity contribution in [3.63, 3.8) is 0 Å². The molecule has 9 nitrogen and oxygen atoms in total. The molecule has 1 heterocycles. The van der Waals surface area contributed by atoms with Crippen LogP contribution in [-0.4, -0.2) is 54.9 Å². The zero-order valence-electron chi connectivity index (χ0n) is 25.4. The number of rotatable bonds is 12. The minimum absolute atomic E-state index is 0.00779. The highest BCUT2D eigenvalue weighted by Crippen LogP contribution is 2.42. The molecule has 3 aromatic rings. The first kappa shape index (κ1) is 32.2. The molecular formula is C34H43N3O6. The number of nitrogens with zero attached hydrogens (tertiary/aromatic N) is 1. The van der Waals surface area contributed by atoms with E-state index in [1.165, 1.54) is 5.56 Å². The summed E-state index contributed by atoms with van der Waals surface area (Å²) in [5, 5.41) is 14.8. The van der Waals surface area contributed by atoms with Gasteiger partial charge in [-0.3, -0.25) is 9.69 Å². The lowest BCUT2D eigenvalue weighted by molar-refractivity contribution is -0.276. The van der Waals surface area contributed by atoms with E-state index in [9.17, 15) is 14.7 Å². The molecule has 0 unspecified atom stereocenters. The van der Waals surface area contributed by atoms with Crippen LogP contribution in [0.4, 0.5) is 4.79 Å². The van der Waals surface area contributed by atoms with Gasteiger partial charge in [-0.1, -0.05) is 85.8 Å². The Bertz CT molecular complexity index is 1300. The van der Waals surface area contributed by atoms with Crippen LogP contribution in [0.2, 0.25) is 0 Å². The Labute approximate surface area is 254 Å². The van der Waals surface area contributed by atoms with Crippen LogP contribution >= 0.6 is 0 Å². The van der Waals surface area contributed by atoms with Gasteiger partial charge in [-0.05, 0) is 43.1 Å². The number of urea groups is 1. The van der Waals surface area contributed by atoms with Gasteiger partial charge in [-0.2, -0.15) is 0 Å². The van der Waals surface area contributed by atoms with Gasteiger partial charge in [0.1, 0.15) is 6.54 Å². The second kappa shape index (κ2) is 15.6. The van der Waals surface area contributed by atoms with Crippen molar-refractivity contribution in [1.82, 2.24) is 15.5 Å². The Kier molecular flexibility index (Phi) is 11.7. The monoisotopic (exact) mass is 589 g/mol. The zero-order valence-corrected chi connectivity index (χ0v) is 25.4. The molecule has 1 aliphatic heterocycles. The molecule has 0 saturated carbocycles. The molecule has 4 rings (SSSR count). The molecule has 43 heavy (non-hydrogen) atoms. The van der Waals surface area contributed by atoms with E-state index < -0.39 is 18.3 Å². The van der Waals surface area contributed by atoms with Crippen molar-refractivity contribution in [2.75, 3.05) is 26.7 Å². The fraction of sp³-hybridized carbons (Fsp3) is 0.412. The molecule has 5 atom stereocenters. The molecule has 0 aliphatic carbocycles. The van der Waals surface area contributed by atoms with E-state index in [2.05, 4.69) is 60.7 Å². The maximum Gasteiger partial charge on any atom is 0.325 e. The molecular weight excluding hydrogens is 546 g/mol. The summed E-state index contributed by atoms with van der Waals surface area (Å²) in [6.07, 6.45) is -0.901. The summed E-state index contributed by atoms with van der Waals surface area (Å²) in [5.41, 5.74) is 4.91. The Hall–Kier alpha value is -3.76. The van der Waals surface area contributed by atoms with Crippen LogP contribution in [0.15, 0.2) is 78.9 Å². The van der Waals surface area contributed by atoms with Gasteiger partial charge in [0, 0.05) is 30.6 Å². The Morgan fingerprint density at radius 1 is 0.930 bits per heavy atom. The number of esters is 1. The fourth-order valence-electron chi connectivity index (χ4n) is 5.16. The zero-order chi connectivity index (χ0) is 30.8. The minimum atomic E-state index is -0.584. The predicted molar refractivity (Wildman–Crippen MR) is 164 cm³/mol. The van der Waals surface area contributed by atoms with E-state index in [1.807, 2.05) is 54.6 Å². The highest BCUT2D eigenvalue weighted by Gasteiger charge is 2.39. The quantitative estimate of drug-likeness (QED) is 0.255. The topological polar surface area (TPSA) is 109 Å². The van der Waals surface area contributed by atoms with Crippen LogP contribution in [0, 0.1) is 5.92 Å². The number of hydrogen-bond donors (Lipinski definition) is 3. The summed E-state index contributed by atoms with van der Waals surface area (Å²) < 4.78 is 18.0. The molecule has 230 valence electrons. The first-order valence-corrected chi connectivity index (χ1v) is 14.8. The molecule has 0 bridgehead atoms. The fourth-order valence-corrected chi connectivity index (χ4v) is 5.16. The maximum absolute atomic E-state index is 12.1. The lowest BCUT2D eigenvalue weighted by atomic mass is 9.89. The molecule has 1 saturated heterocycles. The number of amides is 2. The normalized spacial score (nSPS) is 20.8. The van der Waals surface area contributed by atoms with E-state index in [0.717, 1.165) is 22.3 Å². The van der Waals surface area contributed by atoms with E-state index in [-0.39, 0.29) is 43.9 Å². The van der Waals surface area contributed by atoms with E-state index in [4.69, 9.17) is 14.2 Å². The van der Waals surface area contributed by atoms with Gasteiger partial charge in [0.25, 0.3) is 0 Å². The van der Waals surface area contributed by atoms with Crippen LogP contribution < -0.4 is 10.6 Å². The standard InChI is InChI=1S/C34H43N3O6/c1-5-41-31(39)20-36-34(40)35-19-25-11-17-29(18-12-25)33-42-30(21-37(4)24(3)27-9-7-6-8-10-27)23(2)32(43-33)28-15-13-26(22-38)14-16-28/h6-18,23-24,30,32-33,38H,5,19-22H2,1-4H3,(H2,35,36,40)/t23-,24-,30+,32+,33+/m0/s1. The number of benzene rings is 3. The van der Waals surface area contributed by atoms with Crippen LogP contribution in [0.5, 0.6) is 0 Å². The van der Waals surface area contributed by atoms with Crippen molar-refractivity contribution in [3.8, 4) is 0 Å². The highest BCUT2D eigenvalue weighted by molar-refractivity contribution is 5.80. The average Bonchev–Trinajstić information content (AvgIpc) is 3.04. The van der Waals surface area contributed by atoms with Crippen molar-refractivity contribution in [1.29, 1.82) is 0 Å². The lowest BCUT2D eigenvalue weighted by Crippen LogP contribution is -2.44. The average molecular weight is 590 g/mol. The van der Waals surface area contributed by atoms with Crippen molar-refractivity contribution in [2.45, 2.75) is 58.5 Å². The van der Waals surface area contributed by atoms with Gasteiger partial charge in [0.15, 0.2) is 6.29 Å². The second-order valence-electron chi connectivity index (χ2n) is 10.9. The molecule has 3 aromatic carbocycles. The molecule has 0 aromatic heterocycles. The van der Waals surface area contributed by atoms with Crippen molar-refractivity contribution in [2.24, 2.45) is 5.92 Å². The van der Waals surface area contributed by atoms with Gasteiger partial charge in [-0.15, -0.1) is 0 Å². The number of aliphatic hydroxyl groups is 1. The van der Waals surface area contributed by atoms with E-state index in [1.54, 1.807) is 6.92 Å². The Balaban J connectivity index is 1.46. The van der Waals surface area contributed by atoms with Gasteiger partial charge >= 0.3 is 12.0 Å². The number of carbonyl (C=O) groups excluding carboxylic acids is 2. The van der Waals surface area contributed by atoms with Crippen molar-refractivity contribution >= 4 is 12.0 Å². The third kappa shape index (κ3) is 8.87. The van der Waals surface area contributed by atoms with Gasteiger partial charge in [-0.25, -0.2) is 4.79 Å². The summed E-state index contributed by atoms with van der Waals surface area (Å²) in [7, 11) is 2.12. The Morgan fingerprint density at radius 2 is 1.58 bits per heavy atom. The van der Waals surface area contributed by atoms with Crippen molar-refractivity contribution in [3.05, 3.63) is 107 Å². The van der Waals surface area contributed by atoms with Crippen molar-refractivity contribution < 1.29 is 28.9 Å². The van der Waals surface area contributed by atoms with Gasteiger partial charge in [0.2, 0.25) is 0 Å². The molecule has 1 fully saturated rings. The largest absolute Gasteiger partial charge is 0.465 e. The lowest BCUT2D eigenvalue weighted by Gasteiger charge is -2.43. The van der Waals surface area contributed by atoms with Gasteiger partial charge < -0.3 is 30.0 Å². The molecule has 9 heteroatoms. The van der Waals surface area contributed by atoms with Gasteiger partial charge in [0.05, 0.1) is 25.4 Å². The number of likely N-dealkylation sites (N-methyl/N-ethyl adjacent to an activating group) is 1. The summed E-state index contributed by atoms with van der Waals surface area (Å²) in [6, 6.07) is 25.8. The second-order valence-corrected chi connectivity index (χ2v) is 10.9. The molecule has 0 spiro atoms. The summed E-state index contributed by atoms with van der Waals surface area (Å²) in [4.78, 5) is 25.8. The maximum atomic E-state index is 12.1. The van der Waals surface area contributed by atoms with Crippen LogP contribution in [0.3, 0.4) is 0 Å². The molecule has 3 N–H and O–H groups in total. The number of hydrogen-bond acceptors (Lipinski definition) is 7. The smallest absolute Gasteiger partial charge is 0.325 e. The number of carbonyl (C=O) groups is 2. The van der Waals surface area contributed by atoms with E-state index in [0.29, 0.717) is 13.1 Å². The molecule has 0 radical (unpaired) electrons. The highest BCUT2D eigenvalue weighted by atomic mass is 16.7. The minimum Gasteiger partial charge on any atom is -0.465 e. The first-order chi connectivity index (χ1) is 20.8. The number of ether oxygens (including phenoxy) is 3. The molecule has 1 aliphatic rings. The number of nitrogens with one attached hydrogen (secondary N) is 2.